The SMILES string of the molecule is CN(C)/N=C1\C[C@H]2CC[C@@]1(C(O)(c1ccccc1)c1ccccc1)C2(C)C. The molecule has 0 radical (unpaired) electrons. The molecular formula is C24H30N2O. The molecule has 2 atom stereocenters. The minimum Gasteiger partial charge on any atom is -0.379 e. The number of benzene rings is 2. The Morgan fingerprint density at radius 2 is 1.48 bits per heavy atom. The van der Waals surface area contributed by atoms with E-state index in [-0.39, 0.29) is 5.41 Å². The predicted molar refractivity (Wildman–Crippen MR) is 111 cm³/mol. The Labute approximate surface area is 162 Å². The highest BCUT2D eigenvalue weighted by Crippen LogP contribution is 2.71. The summed E-state index contributed by atoms with van der Waals surface area (Å²) in [4.78, 5) is 0. The van der Waals surface area contributed by atoms with Crippen molar-refractivity contribution in [1.82, 2.24) is 5.01 Å². The molecule has 2 aromatic carbocycles. The minimum absolute atomic E-state index is 0.0394. The molecule has 2 saturated carbocycles. The monoisotopic (exact) mass is 362 g/mol. The molecule has 0 aliphatic heterocycles. The van der Waals surface area contributed by atoms with E-state index in [2.05, 4.69) is 38.1 Å². The fourth-order valence-electron chi connectivity index (χ4n) is 5.94. The van der Waals surface area contributed by atoms with E-state index in [1.54, 1.807) is 0 Å². The summed E-state index contributed by atoms with van der Waals surface area (Å²) in [6, 6.07) is 20.4. The van der Waals surface area contributed by atoms with Crippen molar-refractivity contribution in [3.63, 3.8) is 0 Å². The number of hydrazone groups is 1. The summed E-state index contributed by atoms with van der Waals surface area (Å²) in [7, 11) is 3.95. The number of rotatable bonds is 4. The fourth-order valence-corrected chi connectivity index (χ4v) is 5.94. The maximum atomic E-state index is 12.7. The molecule has 4 rings (SSSR count). The Hall–Kier alpha value is -2.13. The molecule has 1 N–H and O–H groups in total. The zero-order valence-electron chi connectivity index (χ0n) is 16.8. The van der Waals surface area contributed by atoms with Crippen LogP contribution in [0.5, 0.6) is 0 Å². The summed E-state index contributed by atoms with van der Waals surface area (Å²) < 4.78 is 0. The van der Waals surface area contributed by atoms with E-state index in [1.165, 1.54) is 0 Å². The van der Waals surface area contributed by atoms with Crippen LogP contribution in [0.2, 0.25) is 0 Å². The molecule has 0 heterocycles. The van der Waals surface area contributed by atoms with Crippen LogP contribution in [0.3, 0.4) is 0 Å². The third-order valence-corrected chi connectivity index (χ3v) is 7.24. The van der Waals surface area contributed by atoms with E-state index < -0.39 is 11.0 Å². The number of hydrogen-bond donors (Lipinski definition) is 1. The lowest BCUT2D eigenvalue weighted by atomic mass is 9.55. The van der Waals surface area contributed by atoms with Crippen LogP contribution in [0.25, 0.3) is 0 Å². The summed E-state index contributed by atoms with van der Waals surface area (Å²) in [6.45, 7) is 4.67. The Bertz CT molecular complexity index is 802. The summed E-state index contributed by atoms with van der Waals surface area (Å²) in [5, 5.41) is 19.5. The lowest BCUT2D eigenvalue weighted by Gasteiger charge is -2.51. The van der Waals surface area contributed by atoms with Crippen molar-refractivity contribution in [2.24, 2.45) is 21.8 Å². The molecule has 3 heteroatoms. The number of aliphatic hydroxyl groups is 1. The second-order valence-corrected chi connectivity index (χ2v) is 8.90. The molecule has 0 amide bonds. The van der Waals surface area contributed by atoms with Crippen molar-refractivity contribution in [3.05, 3.63) is 71.8 Å². The van der Waals surface area contributed by atoms with E-state index in [1.807, 2.05) is 55.5 Å². The van der Waals surface area contributed by atoms with Crippen LogP contribution in [0.15, 0.2) is 65.8 Å². The molecule has 2 bridgehead atoms. The van der Waals surface area contributed by atoms with Gasteiger partial charge >= 0.3 is 0 Å². The molecule has 0 saturated heterocycles. The lowest BCUT2D eigenvalue weighted by molar-refractivity contribution is -0.0636. The van der Waals surface area contributed by atoms with Crippen molar-refractivity contribution in [1.29, 1.82) is 0 Å². The Morgan fingerprint density at radius 3 is 1.93 bits per heavy atom. The first-order chi connectivity index (χ1) is 12.8. The Balaban J connectivity index is 2.05. The van der Waals surface area contributed by atoms with Gasteiger partial charge in [0.25, 0.3) is 0 Å². The van der Waals surface area contributed by atoms with Crippen molar-refractivity contribution in [2.75, 3.05) is 14.1 Å². The van der Waals surface area contributed by atoms with Gasteiger partial charge in [0.15, 0.2) is 0 Å². The summed E-state index contributed by atoms with van der Waals surface area (Å²) in [5.41, 5.74) is 1.49. The quantitative estimate of drug-likeness (QED) is 0.803. The molecule has 142 valence electrons. The van der Waals surface area contributed by atoms with Gasteiger partial charge in [-0.05, 0) is 41.7 Å². The van der Waals surface area contributed by atoms with E-state index >= 15 is 0 Å². The maximum absolute atomic E-state index is 12.7. The summed E-state index contributed by atoms with van der Waals surface area (Å²) in [5.74, 6) is 0.551. The van der Waals surface area contributed by atoms with Gasteiger partial charge in [0.1, 0.15) is 5.60 Å². The summed E-state index contributed by atoms with van der Waals surface area (Å²) in [6.07, 6.45) is 3.06. The van der Waals surface area contributed by atoms with Gasteiger partial charge < -0.3 is 10.1 Å². The van der Waals surface area contributed by atoms with E-state index in [4.69, 9.17) is 5.10 Å². The zero-order chi connectivity index (χ0) is 19.3. The van der Waals surface area contributed by atoms with Crippen molar-refractivity contribution in [3.8, 4) is 0 Å². The third kappa shape index (κ3) is 2.34. The standard InChI is InChI=1S/C24H30N2O/c1-22(2)20-15-16-23(22,21(17-20)25-26(3)4)24(27,18-11-7-5-8-12-18)19-13-9-6-10-14-19/h5-14,20,27H,15-17H2,1-4H3/b25-21+/t20-,23+/m1/s1. The molecule has 2 aliphatic rings. The molecule has 2 aromatic rings. The van der Waals surface area contributed by atoms with Crippen LogP contribution in [0.1, 0.15) is 44.2 Å². The molecule has 0 aromatic heterocycles. The number of nitrogens with zero attached hydrogens (tertiary/aromatic N) is 2. The van der Waals surface area contributed by atoms with Gasteiger partial charge in [0, 0.05) is 19.8 Å². The first-order valence-electron chi connectivity index (χ1n) is 9.93. The highest BCUT2D eigenvalue weighted by Gasteiger charge is 2.71. The molecule has 27 heavy (non-hydrogen) atoms. The first-order valence-corrected chi connectivity index (χ1v) is 9.93. The molecule has 0 unspecified atom stereocenters. The largest absolute Gasteiger partial charge is 0.379 e. The highest BCUT2D eigenvalue weighted by molar-refractivity contribution is 5.96. The maximum Gasteiger partial charge on any atom is 0.126 e. The van der Waals surface area contributed by atoms with Crippen LogP contribution in [-0.4, -0.2) is 29.9 Å². The van der Waals surface area contributed by atoms with E-state index in [0.29, 0.717) is 5.92 Å². The minimum atomic E-state index is -1.11. The van der Waals surface area contributed by atoms with Gasteiger partial charge in [-0.3, -0.25) is 0 Å². The average molecular weight is 363 g/mol. The van der Waals surface area contributed by atoms with Crippen LogP contribution in [0.4, 0.5) is 0 Å². The molecule has 2 fully saturated rings. The smallest absolute Gasteiger partial charge is 0.126 e. The van der Waals surface area contributed by atoms with Crippen LogP contribution >= 0.6 is 0 Å². The van der Waals surface area contributed by atoms with Crippen LogP contribution in [-0.2, 0) is 5.60 Å². The molecule has 0 spiro atoms. The van der Waals surface area contributed by atoms with Gasteiger partial charge in [-0.25, -0.2) is 0 Å². The Kier molecular flexibility index (Phi) is 4.19. The second kappa shape index (κ2) is 6.20. The molecule has 2 aliphatic carbocycles. The summed E-state index contributed by atoms with van der Waals surface area (Å²) >= 11 is 0. The lowest BCUT2D eigenvalue weighted by Crippen LogP contribution is -2.55. The van der Waals surface area contributed by atoms with E-state index in [9.17, 15) is 5.11 Å². The van der Waals surface area contributed by atoms with Gasteiger partial charge in [0.05, 0.1) is 5.41 Å². The first kappa shape index (κ1) is 18.2. The zero-order valence-corrected chi connectivity index (χ0v) is 16.8. The van der Waals surface area contributed by atoms with Gasteiger partial charge in [-0.1, -0.05) is 74.5 Å². The third-order valence-electron chi connectivity index (χ3n) is 7.24. The predicted octanol–water partition coefficient (Wildman–Crippen LogP) is 4.67. The van der Waals surface area contributed by atoms with Gasteiger partial charge in [-0.2, -0.15) is 5.10 Å². The van der Waals surface area contributed by atoms with E-state index in [0.717, 1.165) is 36.1 Å². The van der Waals surface area contributed by atoms with Crippen LogP contribution in [0, 0.1) is 16.7 Å². The fraction of sp³-hybridized carbons (Fsp3) is 0.458. The van der Waals surface area contributed by atoms with Gasteiger partial charge in [-0.15, -0.1) is 0 Å². The molecular weight excluding hydrogens is 332 g/mol. The van der Waals surface area contributed by atoms with Crippen molar-refractivity contribution >= 4 is 5.71 Å². The van der Waals surface area contributed by atoms with Crippen LogP contribution < -0.4 is 0 Å². The molecule has 3 nitrogen and oxygen atoms in total. The number of fused-ring (bicyclic) bond motifs is 2. The topological polar surface area (TPSA) is 35.8 Å². The number of hydrogen-bond acceptors (Lipinski definition) is 3. The van der Waals surface area contributed by atoms with Crippen molar-refractivity contribution < 1.29 is 5.11 Å². The normalized spacial score (nSPS) is 27.9. The second-order valence-electron chi connectivity index (χ2n) is 8.90. The average Bonchev–Trinajstić information content (AvgIpc) is 3.05. The highest BCUT2D eigenvalue weighted by atomic mass is 16.3. The van der Waals surface area contributed by atoms with Crippen molar-refractivity contribution in [2.45, 2.75) is 38.7 Å². The Morgan fingerprint density at radius 1 is 0.963 bits per heavy atom. The van der Waals surface area contributed by atoms with Gasteiger partial charge in [0.2, 0.25) is 0 Å².